The Kier molecular flexibility index (Phi) is 5.20. The molecule has 7 atom stereocenters. The maximum absolute atomic E-state index is 12.6. The van der Waals surface area contributed by atoms with Gasteiger partial charge in [0.2, 0.25) is 0 Å². The van der Waals surface area contributed by atoms with Gasteiger partial charge in [-0.1, -0.05) is 26.8 Å². The second kappa shape index (κ2) is 6.84. The second-order valence-electron chi connectivity index (χ2n) is 9.63. The Morgan fingerprint density at radius 3 is 2.36 bits per heavy atom. The lowest BCUT2D eigenvalue weighted by atomic mass is 9.66. The molecule has 0 aromatic rings. The summed E-state index contributed by atoms with van der Waals surface area (Å²) in [5, 5.41) is 11.7. The highest BCUT2D eigenvalue weighted by Gasteiger charge is 2.73. The van der Waals surface area contributed by atoms with Crippen LogP contribution in [-0.2, 0) is 23.8 Å². The molecular weight excluding hydrogens is 360 g/mol. The van der Waals surface area contributed by atoms with Crippen molar-refractivity contribution in [3.63, 3.8) is 0 Å². The summed E-state index contributed by atoms with van der Waals surface area (Å²) in [5.41, 5.74) is -1.54. The standard InChI is InChI=1S/C22H34O6/c1-8-13(4)19(24)27-15-11-21(7)18(28-21)17(26-14(5)23)20(6)9-10-22(25,12(2)3)16(15)20/h8,12,15-18,25H,9-11H2,1-7H3/b13-8+/t15-,16-,17+,18+,20+,21-,22+/m1/s1. The third-order valence-corrected chi connectivity index (χ3v) is 7.46. The van der Waals surface area contributed by atoms with Crippen molar-refractivity contribution >= 4 is 11.9 Å². The topological polar surface area (TPSA) is 85.4 Å². The van der Waals surface area contributed by atoms with Gasteiger partial charge in [-0.05, 0) is 39.5 Å². The van der Waals surface area contributed by atoms with E-state index >= 15 is 0 Å². The van der Waals surface area contributed by atoms with E-state index in [-0.39, 0.29) is 29.9 Å². The first-order chi connectivity index (χ1) is 12.9. The smallest absolute Gasteiger partial charge is 0.333 e. The van der Waals surface area contributed by atoms with Crippen LogP contribution < -0.4 is 0 Å². The Morgan fingerprint density at radius 1 is 1.18 bits per heavy atom. The predicted molar refractivity (Wildman–Crippen MR) is 103 cm³/mol. The minimum absolute atomic E-state index is 0.0236. The SMILES string of the molecule is C/C=C(\C)C(=O)O[C@@H]1C[C@@]2(C)O[C@H]2[C@H](OC(C)=O)[C@@]2(C)CC[C@](O)(C(C)C)[C@H]12. The van der Waals surface area contributed by atoms with Crippen molar-refractivity contribution in [1.29, 1.82) is 0 Å². The molecule has 0 aromatic heterocycles. The predicted octanol–water partition coefficient (Wildman–Crippen LogP) is 3.16. The molecule has 0 spiro atoms. The molecule has 0 aromatic carbocycles. The molecule has 158 valence electrons. The van der Waals surface area contributed by atoms with E-state index < -0.39 is 28.8 Å². The van der Waals surface area contributed by atoms with Gasteiger partial charge in [0.05, 0.1) is 11.2 Å². The van der Waals surface area contributed by atoms with Crippen LogP contribution in [0.3, 0.4) is 0 Å². The lowest BCUT2D eigenvalue weighted by molar-refractivity contribution is -0.181. The summed E-state index contributed by atoms with van der Waals surface area (Å²) in [4.78, 5) is 24.5. The number of carbonyl (C=O) groups is 2. The molecule has 2 aliphatic carbocycles. The molecule has 1 N–H and O–H groups in total. The van der Waals surface area contributed by atoms with E-state index in [1.54, 1.807) is 19.9 Å². The van der Waals surface area contributed by atoms with Gasteiger partial charge >= 0.3 is 11.9 Å². The molecule has 6 nitrogen and oxygen atoms in total. The molecule has 0 bridgehead atoms. The second-order valence-corrected chi connectivity index (χ2v) is 9.63. The van der Waals surface area contributed by atoms with Crippen molar-refractivity contribution in [1.82, 2.24) is 0 Å². The zero-order valence-corrected chi connectivity index (χ0v) is 18.1. The van der Waals surface area contributed by atoms with E-state index in [1.807, 2.05) is 27.7 Å². The quantitative estimate of drug-likeness (QED) is 0.448. The van der Waals surface area contributed by atoms with Gasteiger partial charge in [0.1, 0.15) is 18.3 Å². The first-order valence-electron chi connectivity index (χ1n) is 10.3. The zero-order valence-electron chi connectivity index (χ0n) is 18.1. The Labute approximate surface area is 167 Å². The summed E-state index contributed by atoms with van der Waals surface area (Å²) in [6, 6.07) is 0. The molecule has 0 amide bonds. The average molecular weight is 395 g/mol. The summed E-state index contributed by atoms with van der Waals surface area (Å²) < 4.78 is 17.7. The third-order valence-electron chi connectivity index (χ3n) is 7.46. The molecule has 0 radical (unpaired) electrons. The zero-order chi connectivity index (χ0) is 21.1. The van der Waals surface area contributed by atoms with Crippen LogP contribution in [0.15, 0.2) is 11.6 Å². The molecule has 1 saturated heterocycles. The van der Waals surface area contributed by atoms with Gasteiger partial charge in [0.15, 0.2) is 0 Å². The highest BCUT2D eigenvalue weighted by atomic mass is 16.6. The highest BCUT2D eigenvalue weighted by Crippen LogP contribution is 2.64. The number of ether oxygens (including phenoxy) is 3. The van der Waals surface area contributed by atoms with E-state index in [4.69, 9.17) is 14.2 Å². The monoisotopic (exact) mass is 394 g/mol. The van der Waals surface area contributed by atoms with Gasteiger partial charge in [-0.15, -0.1) is 0 Å². The molecule has 2 saturated carbocycles. The van der Waals surface area contributed by atoms with E-state index in [1.165, 1.54) is 6.92 Å². The van der Waals surface area contributed by atoms with Crippen molar-refractivity contribution in [3.05, 3.63) is 11.6 Å². The molecule has 3 aliphatic rings. The average Bonchev–Trinajstić information content (AvgIpc) is 3.17. The van der Waals surface area contributed by atoms with Crippen molar-refractivity contribution < 1.29 is 28.9 Å². The van der Waals surface area contributed by atoms with Crippen LogP contribution in [0.4, 0.5) is 0 Å². The van der Waals surface area contributed by atoms with E-state index in [0.29, 0.717) is 24.8 Å². The Morgan fingerprint density at radius 2 is 1.82 bits per heavy atom. The summed E-state index contributed by atoms with van der Waals surface area (Å²) in [6.45, 7) is 12.9. The van der Waals surface area contributed by atoms with Gasteiger partial charge in [0.25, 0.3) is 0 Å². The van der Waals surface area contributed by atoms with Crippen LogP contribution in [0.25, 0.3) is 0 Å². The van der Waals surface area contributed by atoms with Crippen LogP contribution in [-0.4, -0.2) is 46.6 Å². The van der Waals surface area contributed by atoms with Crippen LogP contribution in [0.1, 0.15) is 67.7 Å². The molecule has 3 fully saturated rings. The number of epoxide rings is 1. The highest BCUT2D eigenvalue weighted by molar-refractivity contribution is 5.87. The van der Waals surface area contributed by atoms with Crippen LogP contribution in [0.5, 0.6) is 0 Å². The van der Waals surface area contributed by atoms with Crippen LogP contribution in [0.2, 0.25) is 0 Å². The number of carbonyl (C=O) groups excluding carboxylic acids is 2. The normalized spacial score (nSPS) is 45.1. The number of aliphatic hydroxyl groups is 1. The van der Waals surface area contributed by atoms with Crippen molar-refractivity contribution in [2.75, 3.05) is 0 Å². The largest absolute Gasteiger partial charge is 0.459 e. The van der Waals surface area contributed by atoms with Gasteiger partial charge in [-0.2, -0.15) is 0 Å². The molecule has 1 aliphatic heterocycles. The summed E-state index contributed by atoms with van der Waals surface area (Å²) in [7, 11) is 0. The van der Waals surface area contributed by atoms with Gasteiger partial charge < -0.3 is 19.3 Å². The lowest BCUT2D eigenvalue weighted by Crippen LogP contribution is -2.54. The Balaban J connectivity index is 2.07. The molecule has 6 heteroatoms. The minimum atomic E-state index is -1.00. The lowest BCUT2D eigenvalue weighted by Gasteiger charge is -2.45. The number of fused-ring (bicyclic) bond motifs is 2. The first-order valence-corrected chi connectivity index (χ1v) is 10.3. The third kappa shape index (κ3) is 3.18. The van der Waals surface area contributed by atoms with Crippen LogP contribution in [0, 0.1) is 17.3 Å². The fraction of sp³-hybridized carbons (Fsp3) is 0.818. The van der Waals surface area contributed by atoms with E-state index in [2.05, 4.69) is 0 Å². The number of hydrogen-bond acceptors (Lipinski definition) is 6. The van der Waals surface area contributed by atoms with Gasteiger partial charge in [-0.25, -0.2) is 4.79 Å². The van der Waals surface area contributed by atoms with E-state index in [0.717, 1.165) is 0 Å². The number of allylic oxidation sites excluding steroid dienone is 1. The maximum atomic E-state index is 12.6. The molecule has 28 heavy (non-hydrogen) atoms. The maximum Gasteiger partial charge on any atom is 0.333 e. The summed E-state index contributed by atoms with van der Waals surface area (Å²) in [6.07, 6.45) is 2.22. The summed E-state index contributed by atoms with van der Waals surface area (Å²) >= 11 is 0. The number of esters is 2. The Hall–Kier alpha value is -1.40. The van der Waals surface area contributed by atoms with Gasteiger partial charge in [-0.3, -0.25) is 4.79 Å². The number of rotatable bonds is 4. The van der Waals surface area contributed by atoms with Crippen molar-refractivity contribution in [2.24, 2.45) is 17.3 Å². The fourth-order valence-corrected chi connectivity index (χ4v) is 5.56. The first kappa shape index (κ1) is 21.3. The van der Waals surface area contributed by atoms with Crippen molar-refractivity contribution in [3.8, 4) is 0 Å². The molecule has 0 unspecified atom stereocenters. The van der Waals surface area contributed by atoms with E-state index in [9.17, 15) is 14.7 Å². The number of hydrogen-bond donors (Lipinski definition) is 1. The van der Waals surface area contributed by atoms with Crippen LogP contribution >= 0.6 is 0 Å². The molecular formula is C22H34O6. The fourth-order valence-electron chi connectivity index (χ4n) is 5.56. The molecule has 1 heterocycles. The minimum Gasteiger partial charge on any atom is -0.459 e. The summed E-state index contributed by atoms with van der Waals surface area (Å²) in [5.74, 6) is -1.10. The van der Waals surface area contributed by atoms with Crippen molar-refractivity contribution in [2.45, 2.75) is 97.2 Å². The Bertz CT molecular complexity index is 699. The van der Waals surface area contributed by atoms with Gasteiger partial charge in [0, 0.05) is 30.3 Å². The molecule has 3 rings (SSSR count).